The molecule has 1 heterocycles. The van der Waals surface area contributed by atoms with Crippen LogP contribution in [0.1, 0.15) is 11.3 Å². The molecule has 3 heteroatoms. The first-order valence-electron chi connectivity index (χ1n) is 2.65. The highest BCUT2D eigenvalue weighted by atomic mass is 16.1. The largest absolute Gasteiger partial charge is 0.268 e. The summed E-state index contributed by atoms with van der Waals surface area (Å²) < 4.78 is 0. The van der Waals surface area contributed by atoms with E-state index in [9.17, 15) is 4.79 Å². The average Bonchev–Trinajstić information content (AvgIpc) is 1.80. The van der Waals surface area contributed by atoms with Crippen molar-refractivity contribution in [2.24, 2.45) is 0 Å². The molecule has 47 valence electrons. The first-order chi connectivity index (χ1) is 4.20. The fourth-order valence-electron chi connectivity index (χ4n) is 0.575. The van der Waals surface area contributed by atoms with Crippen LogP contribution in [0.5, 0.6) is 0 Å². The van der Waals surface area contributed by atoms with E-state index < -0.39 is 0 Å². The Morgan fingerprint density at radius 3 is 2.67 bits per heavy atom. The van der Waals surface area contributed by atoms with Crippen LogP contribution in [0.4, 0.5) is 0 Å². The molecule has 1 rings (SSSR count). The number of nitrogens with zero attached hydrogens (tertiary/aromatic N) is 1. The molecule has 0 aliphatic carbocycles. The van der Waals surface area contributed by atoms with Gasteiger partial charge in [0, 0.05) is 11.6 Å². The van der Waals surface area contributed by atoms with E-state index in [0.717, 1.165) is 0 Å². The van der Waals surface area contributed by atoms with E-state index in [2.05, 4.69) is 16.3 Å². The van der Waals surface area contributed by atoms with Crippen LogP contribution in [0.2, 0.25) is 0 Å². The van der Waals surface area contributed by atoms with Crippen LogP contribution >= 0.6 is 0 Å². The second-order valence-corrected chi connectivity index (χ2v) is 1.89. The van der Waals surface area contributed by atoms with Crippen LogP contribution in [0.15, 0.2) is 4.79 Å². The third-order valence-electron chi connectivity index (χ3n) is 1.03. The lowest BCUT2D eigenvalue weighted by atomic mass is 10.3. The summed E-state index contributed by atoms with van der Waals surface area (Å²) in [5.41, 5.74) is 1.13. The van der Waals surface area contributed by atoms with Crippen molar-refractivity contribution in [1.29, 1.82) is 0 Å². The first kappa shape index (κ1) is 6.01. The van der Waals surface area contributed by atoms with Gasteiger partial charge in [0.2, 0.25) is 0 Å². The van der Waals surface area contributed by atoms with Gasteiger partial charge in [-0.25, -0.2) is 5.10 Å². The SMILES string of the molecule is Cc1[c]c(C)c(=O)[nH]n1. The van der Waals surface area contributed by atoms with Crippen LogP contribution < -0.4 is 5.56 Å². The normalized spacial score (nSPS) is 9.56. The molecule has 1 N–H and O–H groups in total. The lowest BCUT2D eigenvalue weighted by Crippen LogP contribution is -2.11. The maximum atomic E-state index is 10.6. The Labute approximate surface area is 52.7 Å². The van der Waals surface area contributed by atoms with E-state index in [4.69, 9.17) is 0 Å². The monoisotopic (exact) mass is 123 g/mol. The van der Waals surface area contributed by atoms with Gasteiger partial charge in [0.15, 0.2) is 0 Å². The van der Waals surface area contributed by atoms with Gasteiger partial charge in [-0.3, -0.25) is 4.79 Å². The molecule has 0 unspecified atom stereocenters. The molecule has 0 amide bonds. The number of aromatic amines is 1. The van der Waals surface area contributed by atoms with Crippen LogP contribution in [-0.2, 0) is 0 Å². The molecular weight excluding hydrogens is 116 g/mol. The maximum Gasteiger partial charge on any atom is 0.267 e. The highest BCUT2D eigenvalue weighted by Crippen LogP contribution is 1.86. The van der Waals surface area contributed by atoms with Crippen LogP contribution in [0.25, 0.3) is 0 Å². The third-order valence-corrected chi connectivity index (χ3v) is 1.03. The first-order valence-corrected chi connectivity index (χ1v) is 2.65. The Kier molecular flexibility index (Phi) is 1.34. The van der Waals surface area contributed by atoms with Crippen molar-refractivity contribution in [2.75, 3.05) is 0 Å². The summed E-state index contributed by atoms with van der Waals surface area (Å²) in [5, 5.41) is 5.98. The summed E-state index contributed by atoms with van der Waals surface area (Å²) in [4.78, 5) is 10.6. The van der Waals surface area contributed by atoms with Crippen LogP contribution in [-0.4, -0.2) is 10.2 Å². The Balaban J connectivity index is 3.34. The van der Waals surface area contributed by atoms with Crippen molar-refractivity contribution >= 4 is 0 Å². The molecule has 1 radical (unpaired) electrons. The summed E-state index contributed by atoms with van der Waals surface area (Å²) >= 11 is 0. The molecule has 0 aliphatic heterocycles. The zero-order valence-corrected chi connectivity index (χ0v) is 5.36. The molecular formula is C6H7N2O. The minimum absolute atomic E-state index is 0.166. The average molecular weight is 123 g/mol. The molecule has 9 heavy (non-hydrogen) atoms. The third kappa shape index (κ3) is 1.16. The summed E-state index contributed by atoms with van der Waals surface area (Å²) in [6.07, 6.45) is 0. The van der Waals surface area contributed by atoms with E-state index in [1.807, 2.05) is 0 Å². The van der Waals surface area contributed by atoms with E-state index in [1.165, 1.54) is 0 Å². The van der Waals surface area contributed by atoms with Gasteiger partial charge >= 0.3 is 0 Å². The summed E-state index contributed by atoms with van der Waals surface area (Å²) in [6.45, 7) is 3.48. The number of aromatic nitrogens is 2. The van der Waals surface area contributed by atoms with Crippen molar-refractivity contribution in [3.8, 4) is 0 Å². The number of hydrogen-bond donors (Lipinski definition) is 1. The van der Waals surface area contributed by atoms with E-state index in [1.54, 1.807) is 13.8 Å². The molecule has 0 aromatic carbocycles. The molecule has 1 aromatic heterocycles. The summed E-state index contributed by atoms with van der Waals surface area (Å²) in [6, 6.07) is 2.78. The molecule has 0 saturated heterocycles. The summed E-state index contributed by atoms with van der Waals surface area (Å²) in [7, 11) is 0. The zero-order chi connectivity index (χ0) is 6.85. The molecule has 0 atom stereocenters. The van der Waals surface area contributed by atoms with Crippen molar-refractivity contribution < 1.29 is 0 Å². The van der Waals surface area contributed by atoms with Gasteiger partial charge in [0.25, 0.3) is 5.56 Å². The lowest BCUT2D eigenvalue weighted by molar-refractivity contribution is 0.925. The second kappa shape index (κ2) is 2.01. The van der Waals surface area contributed by atoms with Crippen molar-refractivity contribution in [3.05, 3.63) is 27.7 Å². The zero-order valence-electron chi connectivity index (χ0n) is 5.36. The number of rotatable bonds is 0. The smallest absolute Gasteiger partial charge is 0.267 e. The highest BCUT2D eigenvalue weighted by Gasteiger charge is 1.91. The Morgan fingerprint density at radius 1 is 1.56 bits per heavy atom. The van der Waals surface area contributed by atoms with Gasteiger partial charge in [-0.15, -0.1) is 0 Å². The predicted molar refractivity (Wildman–Crippen MR) is 33.2 cm³/mol. The van der Waals surface area contributed by atoms with Gasteiger partial charge in [0.1, 0.15) is 0 Å². The summed E-state index contributed by atoms with van der Waals surface area (Å²) in [5.74, 6) is 0. The van der Waals surface area contributed by atoms with E-state index in [-0.39, 0.29) is 5.56 Å². The number of hydrogen-bond acceptors (Lipinski definition) is 2. The van der Waals surface area contributed by atoms with Gasteiger partial charge in [-0.1, -0.05) is 0 Å². The van der Waals surface area contributed by atoms with Gasteiger partial charge < -0.3 is 0 Å². The van der Waals surface area contributed by atoms with Crippen LogP contribution in [0.3, 0.4) is 0 Å². The number of H-pyrrole nitrogens is 1. The molecule has 3 nitrogen and oxygen atoms in total. The fraction of sp³-hybridized carbons (Fsp3) is 0.333. The maximum absolute atomic E-state index is 10.6. The fourth-order valence-corrected chi connectivity index (χ4v) is 0.575. The second-order valence-electron chi connectivity index (χ2n) is 1.89. The van der Waals surface area contributed by atoms with Crippen molar-refractivity contribution in [3.63, 3.8) is 0 Å². The standard InChI is InChI=1S/C6H7N2O/c1-4-3-5(2)7-8-6(4)9/h1-2H3,(H,8,9). The quantitative estimate of drug-likeness (QED) is 0.535. The number of nitrogens with one attached hydrogen (secondary N) is 1. The number of aryl methyl sites for hydroxylation is 2. The van der Waals surface area contributed by atoms with Crippen molar-refractivity contribution in [1.82, 2.24) is 10.2 Å². The Bertz CT molecular complexity index is 264. The Hall–Kier alpha value is -1.12. The minimum Gasteiger partial charge on any atom is -0.268 e. The van der Waals surface area contributed by atoms with Gasteiger partial charge in [-0.2, -0.15) is 5.10 Å². The molecule has 0 saturated carbocycles. The lowest BCUT2D eigenvalue weighted by Gasteiger charge is -1.88. The minimum atomic E-state index is -0.166. The van der Waals surface area contributed by atoms with Crippen molar-refractivity contribution in [2.45, 2.75) is 13.8 Å². The molecule has 0 bridgehead atoms. The van der Waals surface area contributed by atoms with E-state index in [0.29, 0.717) is 11.3 Å². The predicted octanol–water partition coefficient (Wildman–Crippen LogP) is 0.187. The molecule has 0 aliphatic rings. The molecule has 0 fully saturated rings. The van der Waals surface area contributed by atoms with Crippen LogP contribution in [0, 0.1) is 19.9 Å². The molecule has 1 aromatic rings. The van der Waals surface area contributed by atoms with Gasteiger partial charge in [-0.05, 0) is 13.8 Å². The highest BCUT2D eigenvalue weighted by molar-refractivity contribution is 5.06. The van der Waals surface area contributed by atoms with E-state index >= 15 is 0 Å². The van der Waals surface area contributed by atoms with Gasteiger partial charge in [0.05, 0.1) is 5.69 Å². The Morgan fingerprint density at radius 2 is 2.22 bits per heavy atom. The molecule has 0 spiro atoms. The topological polar surface area (TPSA) is 45.8 Å².